The summed E-state index contributed by atoms with van der Waals surface area (Å²) in [7, 11) is 3.45. The Labute approximate surface area is 237 Å². The lowest BCUT2D eigenvalue weighted by Gasteiger charge is -2.33. The average molecular weight is 568 g/mol. The molecule has 3 amide bonds. The number of anilines is 2. The molecule has 2 aliphatic heterocycles. The predicted octanol–water partition coefficient (Wildman–Crippen LogP) is 2.37. The molecule has 4 rings (SSSR count). The second-order valence-corrected chi connectivity index (χ2v) is 10.9. The van der Waals surface area contributed by atoms with Crippen LogP contribution in [-0.2, 0) is 29.0 Å². The van der Waals surface area contributed by atoms with Crippen molar-refractivity contribution in [2.24, 2.45) is 0 Å². The Bertz CT molecular complexity index is 1310. The first kappa shape index (κ1) is 29.1. The van der Waals surface area contributed by atoms with E-state index in [1.807, 2.05) is 18.0 Å². The van der Waals surface area contributed by atoms with Crippen LogP contribution < -0.4 is 15.0 Å². The van der Waals surface area contributed by atoms with Gasteiger partial charge in [-0.15, -0.1) is 0 Å². The van der Waals surface area contributed by atoms with Gasteiger partial charge in [-0.1, -0.05) is 0 Å². The number of carbonyl (C=O) groups excluding carboxylic acids is 2. The number of aromatic nitrogens is 2. The van der Waals surface area contributed by atoms with Gasteiger partial charge in [-0.2, -0.15) is 22.0 Å². The maximum absolute atomic E-state index is 13.3. The maximum atomic E-state index is 13.3. The Hall–Kier alpha value is -3.89. The molecule has 0 aliphatic carbocycles. The first-order chi connectivity index (χ1) is 19.3. The summed E-state index contributed by atoms with van der Waals surface area (Å²) < 4.78 is 5.57. The number of carbonyl (C=O) groups is 3. The molecule has 13 heteroatoms. The number of fused-ring (bicyclic) bond motifs is 1. The van der Waals surface area contributed by atoms with Crippen molar-refractivity contribution in [3.63, 3.8) is 0 Å². The number of carboxylic acids is 1. The topological polar surface area (TPSA) is 152 Å². The lowest BCUT2D eigenvalue weighted by atomic mass is 10.0. The molecule has 212 valence electrons. The van der Waals surface area contributed by atoms with Crippen molar-refractivity contribution >= 4 is 41.3 Å². The lowest BCUT2D eigenvalue weighted by Crippen LogP contribution is -2.48. The van der Waals surface area contributed by atoms with Crippen molar-refractivity contribution in [3.8, 4) is 11.9 Å². The van der Waals surface area contributed by atoms with Crippen LogP contribution >= 0.6 is 11.8 Å². The summed E-state index contributed by atoms with van der Waals surface area (Å²) in [6.45, 7) is 2.67. The van der Waals surface area contributed by atoms with Gasteiger partial charge in [-0.25, -0.2) is 9.78 Å². The van der Waals surface area contributed by atoms with E-state index in [1.54, 1.807) is 15.9 Å². The third kappa shape index (κ3) is 7.19. The van der Waals surface area contributed by atoms with E-state index in [-0.39, 0.29) is 11.7 Å². The van der Waals surface area contributed by atoms with Gasteiger partial charge < -0.3 is 14.7 Å². The molecule has 2 N–H and O–H groups in total. The van der Waals surface area contributed by atoms with Gasteiger partial charge in [0.1, 0.15) is 17.7 Å². The highest BCUT2D eigenvalue weighted by Gasteiger charge is 2.28. The number of aliphatic carboxylic acids is 1. The maximum Gasteiger partial charge on any atom is 0.328 e. The largest absolute Gasteiger partial charge is 0.481 e. The van der Waals surface area contributed by atoms with E-state index in [2.05, 4.69) is 21.4 Å². The normalized spacial score (nSPS) is 15.4. The minimum absolute atomic E-state index is 0.0361. The Balaban J connectivity index is 1.47. The number of methoxy groups -OCH3 is 1. The molecule has 1 fully saturated rings. The number of hydrogen-bond acceptors (Lipinski definition) is 9. The lowest BCUT2D eigenvalue weighted by molar-refractivity contribution is -0.136. The molecule has 40 heavy (non-hydrogen) atoms. The summed E-state index contributed by atoms with van der Waals surface area (Å²) in [6.07, 6.45) is 4.19. The summed E-state index contributed by atoms with van der Waals surface area (Å²) in [5.74, 6) is 1.09. The van der Waals surface area contributed by atoms with Gasteiger partial charge in [0.05, 0.1) is 31.5 Å². The van der Waals surface area contributed by atoms with E-state index in [4.69, 9.17) is 9.84 Å². The van der Waals surface area contributed by atoms with Crippen LogP contribution in [0.3, 0.4) is 0 Å². The van der Waals surface area contributed by atoms with Gasteiger partial charge in [-0.05, 0) is 61.7 Å². The number of nitriles is 1. The highest BCUT2D eigenvalue weighted by Crippen LogP contribution is 2.32. The van der Waals surface area contributed by atoms with Gasteiger partial charge in [0.2, 0.25) is 11.8 Å². The Morgan fingerprint density at radius 2 is 2.08 bits per heavy atom. The van der Waals surface area contributed by atoms with E-state index in [9.17, 15) is 19.6 Å². The number of aryl methyl sites for hydroxylation is 2. The summed E-state index contributed by atoms with van der Waals surface area (Å²) >= 11 is 1.32. The van der Waals surface area contributed by atoms with Gasteiger partial charge in [-0.3, -0.25) is 24.7 Å². The number of nitrogens with zero attached hydrogens (tertiary/aromatic N) is 6. The molecular formula is C27H33N7O5S. The molecular weight excluding hydrogens is 534 g/mol. The van der Waals surface area contributed by atoms with Crippen LogP contribution in [0.25, 0.3) is 0 Å². The number of hydrogen-bond donors (Lipinski definition) is 2. The number of thioether (sulfide) groups is 1. The van der Waals surface area contributed by atoms with Crippen molar-refractivity contribution in [1.82, 2.24) is 19.8 Å². The molecule has 2 aliphatic rings. The average Bonchev–Trinajstić information content (AvgIpc) is 2.93. The second-order valence-electron chi connectivity index (χ2n) is 9.77. The number of pyridine rings is 2. The molecule has 12 nitrogen and oxygen atoms in total. The predicted molar refractivity (Wildman–Crippen MR) is 151 cm³/mol. The van der Waals surface area contributed by atoms with Gasteiger partial charge in [0.25, 0.3) is 0 Å². The molecule has 0 saturated carbocycles. The zero-order chi connectivity index (χ0) is 28.6. The number of rotatable bonds is 10. The summed E-state index contributed by atoms with van der Waals surface area (Å²) in [5.41, 5.74) is 2.88. The molecule has 0 radical (unpaired) electrons. The number of likely N-dealkylation sites (N-methyl/N-ethyl adjacent to an activating group) is 1. The number of ether oxygens (including phenoxy) is 1. The summed E-state index contributed by atoms with van der Waals surface area (Å²) in [5, 5.41) is 21.1. The molecule has 2 aromatic rings. The fraction of sp³-hybridized carbons (Fsp3) is 0.481. The Morgan fingerprint density at radius 3 is 2.80 bits per heavy atom. The quantitative estimate of drug-likeness (QED) is 0.409. The van der Waals surface area contributed by atoms with E-state index in [1.165, 1.54) is 25.1 Å². The first-order valence-electron chi connectivity index (χ1n) is 13.1. The Kier molecular flexibility index (Phi) is 9.79. The highest BCUT2D eigenvalue weighted by molar-refractivity contribution is 7.99. The van der Waals surface area contributed by atoms with E-state index in [0.717, 1.165) is 36.1 Å². The number of piperazine rings is 1. The van der Waals surface area contributed by atoms with Crippen molar-refractivity contribution in [2.75, 3.05) is 62.1 Å². The van der Waals surface area contributed by atoms with E-state index in [0.29, 0.717) is 67.9 Å². The zero-order valence-electron chi connectivity index (χ0n) is 22.7. The SMILES string of the molecule is COc1nc2c(cc1CN1CCN(C)CC1=O)CCCN2C(=O)Nc1cc(CCCSCC(=O)O)c(C#N)cn1. The summed E-state index contributed by atoms with van der Waals surface area (Å²) in [6, 6.07) is 5.40. The van der Waals surface area contributed by atoms with E-state index < -0.39 is 12.0 Å². The molecule has 0 atom stereocenters. The fourth-order valence-electron chi connectivity index (χ4n) is 4.79. The fourth-order valence-corrected chi connectivity index (χ4v) is 5.46. The number of amides is 3. The molecule has 0 spiro atoms. The molecule has 1 saturated heterocycles. The van der Waals surface area contributed by atoms with Crippen molar-refractivity contribution in [1.29, 1.82) is 5.26 Å². The highest BCUT2D eigenvalue weighted by atomic mass is 32.2. The van der Waals surface area contributed by atoms with Crippen molar-refractivity contribution in [2.45, 2.75) is 32.2 Å². The van der Waals surface area contributed by atoms with Crippen LogP contribution in [0.1, 0.15) is 35.1 Å². The molecule has 0 bridgehead atoms. The second kappa shape index (κ2) is 13.5. The van der Waals surface area contributed by atoms with Gasteiger partial charge in [0.15, 0.2) is 0 Å². The number of carboxylic acid groups (broad SMARTS) is 1. The smallest absolute Gasteiger partial charge is 0.328 e. The van der Waals surface area contributed by atoms with Crippen LogP contribution in [0.2, 0.25) is 0 Å². The van der Waals surface area contributed by atoms with Gasteiger partial charge >= 0.3 is 12.0 Å². The molecule has 4 heterocycles. The van der Waals surface area contributed by atoms with Crippen LogP contribution in [0, 0.1) is 11.3 Å². The molecule has 0 aromatic carbocycles. The third-order valence-corrected chi connectivity index (χ3v) is 7.84. The number of urea groups is 1. The summed E-state index contributed by atoms with van der Waals surface area (Å²) in [4.78, 5) is 50.8. The molecule has 2 aromatic heterocycles. The third-order valence-electron chi connectivity index (χ3n) is 6.82. The van der Waals surface area contributed by atoms with E-state index >= 15 is 0 Å². The first-order valence-corrected chi connectivity index (χ1v) is 14.2. The van der Waals surface area contributed by atoms with Crippen LogP contribution in [-0.4, -0.2) is 94.6 Å². The standard InChI is InChI=1S/C27H33N7O5S/c1-32-8-9-33(23(35)16-32)15-20-11-19-5-3-7-34(25(19)31-26(20)39-2)27(38)30-22-12-18(21(13-28)14-29-22)6-4-10-40-17-24(36)37/h11-12,14H,3-10,15-17H2,1-2H3,(H,36,37)(H,29,30,38). The van der Waals surface area contributed by atoms with Crippen LogP contribution in [0.4, 0.5) is 16.4 Å². The monoisotopic (exact) mass is 567 g/mol. The minimum atomic E-state index is -0.857. The number of nitrogens with one attached hydrogen (secondary N) is 1. The minimum Gasteiger partial charge on any atom is -0.481 e. The van der Waals surface area contributed by atoms with Gasteiger partial charge in [0, 0.05) is 31.4 Å². The van der Waals surface area contributed by atoms with Crippen molar-refractivity contribution < 1.29 is 24.2 Å². The van der Waals surface area contributed by atoms with Crippen molar-refractivity contribution in [3.05, 3.63) is 40.6 Å². The Morgan fingerprint density at radius 1 is 1.25 bits per heavy atom. The zero-order valence-corrected chi connectivity index (χ0v) is 23.5. The van der Waals surface area contributed by atoms with Crippen LogP contribution in [0.5, 0.6) is 5.88 Å². The van der Waals surface area contributed by atoms with Crippen LogP contribution in [0.15, 0.2) is 18.3 Å². The molecule has 0 unspecified atom stereocenters.